The van der Waals surface area contributed by atoms with Crippen LogP contribution >= 0.6 is 0 Å². The maximum Gasteiger partial charge on any atom is 0.188 e. The summed E-state index contributed by atoms with van der Waals surface area (Å²) in [5.74, 6) is -0.524. The number of aromatic nitrogens is 5. The Kier molecular flexibility index (Phi) is 4.51. The molecular formula is C17H15N5O2. The fourth-order valence-electron chi connectivity index (χ4n) is 2.29. The van der Waals surface area contributed by atoms with E-state index < -0.39 is 0 Å². The van der Waals surface area contributed by atoms with Gasteiger partial charge in [-0.3, -0.25) is 14.6 Å². The van der Waals surface area contributed by atoms with Gasteiger partial charge in [0.15, 0.2) is 17.9 Å². The minimum atomic E-state index is -0.285. The number of aryl methyl sites for hydroxylation is 1. The Morgan fingerprint density at radius 3 is 2.75 bits per heavy atom. The highest BCUT2D eigenvalue weighted by atomic mass is 16.1. The molecule has 0 fully saturated rings. The van der Waals surface area contributed by atoms with Gasteiger partial charge in [0.1, 0.15) is 5.69 Å². The quantitative estimate of drug-likeness (QED) is 0.508. The van der Waals surface area contributed by atoms with Crippen molar-refractivity contribution >= 4 is 11.6 Å². The molecule has 0 N–H and O–H groups in total. The molecule has 7 nitrogen and oxygen atoms in total. The van der Waals surface area contributed by atoms with Gasteiger partial charge in [0.25, 0.3) is 0 Å². The number of pyridine rings is 1. The lowest BCUT2D eigenvalue weighted by Gasteiger charge is -2.04. The highest BCUT2D eigenvalue weighted by molar-refractivity contribution is 6.12. The summed E-state index contributed by atoms with van der Waals surface area (Å²) in [5, 5.41) is 11.4. The fourth-order valence-corrected chi connectivity index (χ4v) is 2.29. The van der Waals surface area contributed by atoms with Gasteiger partial charge in [-0.25, -0.2) is 0 Å². The molecule has 2 heterocycles. The molecule has 3 rings (SSSR count). The predicted molar refractivity (Wildman–Crippen MR) is 85.6 cm³/mol. The number of benzene rings is 1. The average Bonchev–Trinajstić information content (AvgIpc) is 3.08. The van der Waals surface area contributed by atoms with Crippen LogP contribution in [0.1, 0.15) is 38.4 Å². The van der Waals surface area contributed by atoms with Gasteiger partial charge in [0.05, 0.1) is 13.0 Å². The zero-order chi connectivity index (χ0) is 16.9. The van der Waals surface area contributed by atoms with E-state index in [9.17, 15) is 9.59 Å². The third-order valence-electron chi connectivity index (χ3n) is 3.49. The Labute approximate surface area is 138 Å². The highest BCUT2D eigenvalue weighted by Gasteiger charge is 2.15. The van der Waals surface area contributed by atoms with Crippen molar-refractivity contribution in [2.45, 2.75) is 19.9 Å². The molecule has 7 heteroatoms. The predicted octanol–water partition coefficient (Wildman–Crippen LogP) is 1.88. The Balaban J connectivity index is 1.72. The molecule has 24 heavy (non-hydrogen) atoms. The van der Waals surface area contributed by atoms with Crippen LogP contribution in [0.3, 0.4) is 0 Å². The van der Waals surface area contributed by atoms with Crippen LogP contribution in [0.5, 0.6) is 0 Å². The molecule has 1 aromatic carbocycles. The number of hydrogen-bond donors (Lipinski definition) is 0. The van der Waals surface area contributed by atoms with E-state index in [1.165, 1.54) is 11.1 Å². The molecule has 0 aliphatic carbocycles. The molecule has 0 radical (unpaired) electrons. The molecule has 3 aromatic rings. The molecule has 0 unspecified atom stereocenters. The second kappa shape index (κ2) is 6.91. The molecule has 0 spiro atoms. The second-order valence-corrected chi connectivity index (χ2v) is 5.41. The molecule has 0 aliphatic rings. The SMILES string of the molecule is Cc1ccnc(C(=O)CC(=O)c2cccc(Cn3ncnn3)c2)c1. The van der Waals surface area contributed by atoms with Crippen molar-refractivity contribution < 1.29 is 9.59 Å². The number of Topliss-reactive ketones (excluding diaryl/α,β-unsaturated/α-hetero) is 2. The fraction of sp³-hybridized carbons (Fsp3) is 0.176. The molecular weight excluding hydrogens is 306 g/mol. The summed E-state index contributed by atoms with van der Waals surface area (Å²) >= 11 is 0. The number of rotatable bonds is 6. The Hall–Kier alpha value is -3.22. The first-order chi connectivity index (χ1) is 11.6. The van der Waals surface area contributed by atoms with Crippen LogP contribution in [0.25, 0.3) is 0 Å². The highest BCUT2D eigenvalue weighted by Crippen LogP contribution is 2.11. The van der Waals surface area contributed by atoms with Gasteiger partial charge in [-0.05, 0) is 41.5 Å². The molecule has 0 saturated carbocycles. The molecule has 0 aliphatic heterocycles. The van der Waals surface area contributed by atoms with Gasteiger partial charge in [0.2, 0.25) is 0 Å². The molecule has 2 aromatic heterocycles. The summed E-state index contributed by atoms with van der Waals surface area (Å²) in [7, 11) is 0. The normalized spacial score (nSPS) is 10.5. The molecule has 0 bridgehead atoms. The van der Waals surface area contributed by atoms with E-state index in [0.29, 0.717) is 17.8 Å². The summed E-state index contributed by atoms with van der Waals surface area (Å²) < 4.78 is 0. The molecule has 0 saturated heterocycles. The van der Waals surface area contributed by atoms with E-state index in [4.69, 9.17) is 0 Å². The molecule has 120 valence electrons. The molecule has 0 atom stereocenters. The lowest BCUT2D eigenvalue weighted by atomic mass is 10.0. The van der Waals surface area contributed by atoms with E-state index in [1.54, 1.807) is 36.5 Å². The second-order valence-electron chi connectivity index (χ2n) is 5.41. The summed E-state index contributed by atoms with van der Waals surface area (Å²) in [4.78, 5) is 30.0. The van der Waals surface area contributed by atoms with Crippen LogP contribution in [-0.2, 0) is 6.54 Å². The first kappa shape index (κ1) is 15.7. The lowest BCUT2D eigenvalue weighted by molar-refractivity contribution is 0.0891. The topological polar surface area (TPSA) is 90.6 Å². The third kappa shape index (κ3) is 3.75. The number of hydrogen-bond acceptors (Lipinski definition) is 6. The van der Waals surface area contributed by atoms with Crippen LogP contribution in [-0.4, -0.2) is 36.8 Å². The Bertz CT molecular complexity index is 874. The van der Waals surface area contributed by atoms with Crippen molar-refractivity contribution in [1.82, 2.24) is 25.2 Å². The van der Waals surface area contributed by atoms with E-state index in [2.05, 4.69) is 20.4 Å². The van der Waals surface area contributed by atoms with Crippen LogP contribution < -0.4 is 0 Å². The third-order valence-corrected chi connectivity index (χ3v) is 3.49. The minimum absolute atomic E-state index is 0.207. The van der Waals surface area contributed by atoms with Gasteiger partial charge in [-0.1, -0.05) is 18.2 Å². The van der Waals surface area contributed by atoms with E-state index >= 15 is 0 Å². The maximum absolute atomic E-state index is 12.4. The number of carbonyl (C=O) groups excluding carboxylic acids is 2. The smallest absolute Gasteiger partial charge is 0.188 e. The summed E-state index contributed by atoms with van der Waals surface area (Å²) in [6.45, 7) is 2.29. The number of ketones is 2. The largest absolute Gasteiger partial charge is 0.294 e. The van der Waals surface area contributed by atoms with Crippen LogP contribution in [0.2, 0.25) is 0 Å². The van der Waals surface area contributed by atoms with E-state index in [-0.39, 0.29) is 18.0 Å². The monoisotopic (exact) mass is 321 g/mol. The van der Waals surface area contributed by atoms with Crippen molar-refractivity contribution in [3.05, 3.63) is 71.3 Å². The molecule has 0 amide bonds. The maximum atomic E-state index is 12.4. The zero-order valence-corrected chi connectivity index (χ0v) is 13.1. The zero-order valence-electron chi connectivity index (χ0n) is 13.1. The van der Waals surface area contributed by atoms with Crippen molar-refractivity contribution in [2.75, 3.05) is 0 Å². The first-order valence-corrected chi connectivity index (χ1v) is 7.40. The van der Waals surface area contributed by atoms with Gasteiger partial charge >= 0.3 is 0 Å². The van der Waals surface area contributed by atoms with Crippen molar-refractivity contribution in [2.24, 2.45) is 0 Å². The van der Waals surface area contributed by atoms with E-state index in [1.807, 2.05) is 13.0 Å². The Morgan fingerprint density at radius 1 is 1.12 bits per heavy atom. The van der Waals surface area contributed by atoms with Gasteiger partial charge in [-0.2, -0.15) is 4.80 Å². The number of carbonyl (C=O) groups is 2. The summed E-state index contributed by atoms with van der Waals surface area (Å²) in [6, 6.07) is 10.6. The van der Waals surface area contributed by atoms with Gasteiger partial charge in [0, 0.05) is 11.8 Å². The van der Waals surface area contributed by atoms with Crippen LogP contribution in [0.15, 0.2) is 48.9 Å². The minimum Gasteiger partial charge on any atom is -0.294 e. The van der Waals surface area contributed by atoms with Crippen molar-refractivity contribution in [1.29, 1.82) is 0 Å². The van der Waals surface area contributed by atoms with Crippen LogP contribution in [0, 0.1) is 6.92 Å². The summed E-state index contributed by atoms with van der Waals surface area (Å²) in [6.07, 6.45) is 2.71. The van der Waals surface area contributed by atoms with Crippen molar-refractivity contribution in [3.8, 4) is 0 Å². The Morgan fingerprint density at radius 2 is 2.00 bits per heavy atom. The van der Waals surface area contributed by atoms with Gasteiger partial charge in [-0.15, -0.1) is 10.2 Å². The van der Waals surface area contributed by atoms with Gasteiger partial charge < -0.3 is 0 Å². The standard InChI is InChI=1S/C17H15N5O2/c1-12-5-6-18-15(7-12)17(24)9-16(23)14-4-2-3-13(8-14)10-22-20-11-19-21-22/h2-8,11H,9-10H2,1H3. The van der Waals surface area contributed by atoms with Crippen molar-refractivity contribution in [3.63, 3.8) is 0 Å². The lowest BCUT2D eigenvalue weighted by Crippen LogP contribution is -2.11. The number of tetrazole rings is 1. The summed E-state index contributed by atoms with van der Waals surface area (Å²) in [5.41, 5.74) is 2.59. The average molecular weight is 321 g/mol. The van der Waals surface area contributed by atoms with E-state index in [0.717, 1.165) is 11.1 Å². The first-order valence-electron chi connectivity index (χ1n) is 7.40. The number of nitrogens with zero attached hydrogens (tertiary/aromatic N) is 5. The van der Waals surface area contributed by atoms with Crippen LogP contribution in [0.4, 0.5) is 0 Å².